The molecule has 16 heavy (non-hydrogen) atoms. The van der Waals surface area contributed by atoms with Gasteiger partial charge in [0.15, 0.2) is 0 Å². The second kappa shape index (κ2) is 8.06. The number of amides is 1. The summed E-state index contributed by atoms with van der Waals surface area (Å²) in [6, 6.07) is 4.03. The molecule has 0 saturated heterocycles. The van der Waals surface area contributed by atoms with Crippen LogP contribution in [0.15, 0.2) is 15.9 Å². The molecule has 1 heterocycles. The molecular formula is C10H16BrClN2OS. The number of carbonyl (C=O) groups is 1. The molecule has 0 aliphatic rings. The van der Waals surface area contributed by atoms with E-state index in [2.05, 4.69) is 15.9 Å². The van der Waals surface area contributed by atoms with Gasteiger partial charge in [0.1, 0.15) is 0 Å². The molecule has 0 saturated carbocycles. The number of nitrogens with zero attached hydrogens (tertiary/aromatic N) is 1. The van der Waals surface area contributed by atoms with Crippen LogP contribution in [0.25, 0.3) is 0 Å². The van der Waals surface area contributed by atoms with Crippen molar-refractivity contribution >= 4 is 45.6 Å². The molecule has 0 bridgehead atoms. The van der Waals surface area contributed by atoms with Crippen molar-refractivity contribution in [3.05, 3.63) is 20.8 Å². The van der Waals surface area contributed by atoms with E-state index < -0.39 is 0 Å². The minimum atomic E-state index is 0. The van der Waals surface area contributed by atoms with Crippen molar-refractivity contribution < 1.29 is 4.79 Å². The Morgan fingerprint density at radius 2 is 2.25 bits per heavy atom. The fourth-order valence-electron chi connectivity index (χ4n) is 1.20. The molecule has 0 aliphatic carbocycles. The van der Waals surface area contributed by atoms with Crippen LogP contribution in [-0.2, 0) is 11.3 Å². The number of hydrogen-bond acceptors (Lipinski definition) is 3. The van der Waals surface area contributed by atoms with Crippen LogP contribution in [0.1, 0.15) is 17.7 Å². The first-order valence-electron chi connectivity index (χ1n) is 4.81. The van der Waals surface area contributed by atoms with Crippen molar-refractivity contribution in [2.75, 3.05) is 13.6 Å². The molecule has 1 aromatic heterocycles. The summed E-state index contributed by atoms with van der Waals surface area (Å²) in [6.45, 7) is 1.25. The molecule has 1 amide bonds. The number of rotatable bonds is 5. The van der Waals surface area contributed by atoms with Crippen LogP contribution in [0.4, 0.5) is 0 Å². The van der Waals surface area contributed by atoms with Crippen molar-refractivity contribution in [3.8, 4) is 0 Å². The largest absolute Gasteiger partial charge is 0.341 e. The first-order valence-corrected chi connectivity index (χ1v) is 6.42. The molecule has 92 valence electrons. The molecule has 0 aliphatic heterocycles. The summed E-state index contributed by atoms with van der Waals surface area (Å²) >= 11 is 5.05. The summed E-state index contributed by atoms with van der Waals surface area (Å²) in [5.74, 6) is 0.157. The third-order valence-electron chi connectivity index (χ3n) is 2.04. The van der Waals surface area contributed by atoms with E-state index in [0.717, 1.165) is 10.2 Å². The molecule has 3 nitrogen and oxygen atoms in total. The zero-order valence-corrected chi connectivity index (χ0v) is 12.3. The van der Waals surface area contributed by atoms with Gasteiger partial charge in [-0.3, -0.25) is 4.79 Å². The van der Waals surface area contributed by atoms with Crippen LogP contribution in [0.3, 0.4) is 0 Å². The van der Waals surface area contributed by atoms with Gasteiger partial charge in [0.05, 0.1) is 10.3 Å². The summed E-state index contributed by atoms with van der Waals surface area (Å²) < 4.78 is 1.10. The Hall–Kier alpha value is -0.100. The van der Waals surface area contributed by atoms with E-state index in [1.165, 1.54) is 4.88 Å². The molecule has 2 N–H and O–H groups in total. The molecule has 1 rings (SSSR count). The molecular weight excluding hydrogens is 312 g/mol. The van der Waals surface area contributed by atoms with E-state index in [1.807, 2.05) is 19.2 Å². The summed E-state index contributed by atoms with van der Waals surface area (Å²) in [5, 5.41) is 0. The molecule has 0 unspecified atom stereocenters. The second-order valence-electron chi connectivity index (χ2n) is 3.35. The molecule has 6 heteroatoms. The highest BCUT2D eigenvalue weighted by molar-refractivity contribution is 9.11. The van der Waals surface area contributed by atoms with Crippen molar-refractivity contribution in [2.24, 2.45) is 5.73 Å². The van der Waals surface area contributed by atoms with Gasteiger partial charge in [0.2, 0.25) is 5.91 Å². The monoisotopic (exact) mass is 326 g/mol. The van der Waals surface area contributed by atoms with Gasteiger partial charge >= 0.3 is 0 Å². The van der Waals surface area contributed by atoms with Gasteiger partial charge in [-0.2, -0.15) is 0 Å². The van der Waals surface area contributed by atoms with E-state index in [1.54, 1.807) is 16.2 Å². The van der Waals surface area contributed by atoms with E-state index in [4.69, 9.17) is 5.73 Å². The van der Waals surface area contributed by atoms with Gasteiger partial charge in [0, 0.05) is 18.3 Å². The lowest BCUT2D eigenvalue weighted by Gasteiger charge is -2.15. The zero-order valence-electron chi connectivity index (χ0n) is 9.11. The summed E-state index contributed by atoms with van der Waals surface area (Å²) in [6.07, 6.45) is 1.30. The topological polar surface area (TPSA) is 46.3 Å². The Bertz CT molecular complexity index is 332. The molecule has 0 spiro atoms. The van der Waals surface area contributed by atoms with Crippen molar-refractivity contribution in [3.63, 3.8) is 0 Å². The Morgan fingerprint density at radius 3 is 2.75 bits per heavy atom. The predicted molar refractivity (Wildman–Crippen MR) is 74.0 cm³/mol. The fourth-order valence-corrected chi connectivity index (χ4v) is 2.74. The number of hydrogen-bond donors (Lipinski definition) is 1. The number of carbonyl (C=O) groups excluding carboxylic acids is 1. The van der Waals surface area contributed by atoms with Crippen molar-refractivity contribution in [2.45, 2.75) is 19.4 Å². The molecule has 1 aromatic rings. The Labute approximate surface area is 115 Å². The summed E-state index contributed by atoms with van der Waals surface area (Å²) in [4.78, 5) is 14.5. The maximum atomic E-state index is 11.6. The van der Waals surface area contributed by atoms with Crippen LogP contribution < -0.4 is 5.73 Å². The van der Waals surface area contributed by atoms with Crippen LogP contribution in [-0.4, -0.2) is 24.4 Å². The van der Waals surface area contributed by atoms with Gasteiger partial charge in [0.25, 0.3) is 0 Å². The highest BCUT2D eigenvalue weighted by Crippen LogP contribution is 2.23. The minimum Gasteiger partial charge on any atom is -0.341 e. The van der Waals surface area contributed by atoms with Crippen LogP contribution in [0, 0.1) is 0 Å². The normalized spacial score (nSPS) is 9.69. The summed E-state index contributed by atoms with van der Waals surface area (Å²) in [5.41, 5.74) is 5.36. The zero-order chi connectivity index (χ0) is 11.3. The fraction of sp³-hybridized carbons (Fsp3) is 0.500. The Morgan fingerprint density at radius 1 is 1.56 bits per heavy atom. The first-order chi connectivity index (χ1) is 7.13. The molecule has 0 aromatic carbocycles. The number of nitrogens with two attached hydrogens (primary N) is 1. The lowest BCUT2D eigenvalue weighted by molar-refractivity contribution is -0.130. The highest BCUT2D eigenvalue weighted by Gasteiger charge is 2.09. The summed E-state index contributed by atoms with van der Waals surface area (Å²) in [7, 11) is 1.83. The third-order valence-corrected chi connectivity index (χ3v) is 3.65. The van der Waals surface area contributed by atoms with Gasteiger partial charge in [-0.15, -0.1) is 23.7 Å². The third kappa shape index (κ3) is 5.30. The van der Waals surface area contributed by atoms with Gasteiger partial charge in [-0.25, -0.2) is 0 Å². The van der Waals surface area contributed by atoms with Crippen LogP contribution >= 0.6 is 39.7 Å². The second-order valence-corrected chi connectivity index (χ2v) is 5.90. The smallest absolute Gasteiger partial charge is 0.222 e. The van der Waals surface area contributed by atoms with E-state index in [0.29, 0.717) is 19.5 Å². The van der Waals surface area contributed by atoms with Gasteiger partial charge in [-0.05, 0) is 41.0 Å². The van der Waals surface area contributed by atoms with Gasteiger partial charge in [-0.1, -0.05) is 0 Å². The van der Waals surface area contributed by atoms with Crippen LogP contribution in [0.5, 0.6) is 0 Å². The lowest BCUT2D eigenvalue weighted by Crippen LogP contribution is -2.26. The molecule has 0 fully saturated rings. The average molecular weight is 328 g/mol. The van der Waals surface area contributed by atoms with Crippen LogP contribution in [0.2, 0.25) is 0 Å². The SMILES string of the molecule is CN(Cc1ccc(Br)s1)C(=O)CCCN.Cl. The van der Waals surface area contributed by atoms with Crippen molar-refractivity contribution in [1.29, 1.82) is 0 Å². The standard InChI is InChI=1S/C10H15BrN2OS.ClH/c1-13(10(14)3-2-6-12)7-8-4-5-9(11)15-8;/h4-5H,2-3,6-7,12H2,1H3;1H. The highest BCUT2D eigenvalue weighted by atomic mass is 79.9. The Balaban J connectivity index is 0.00000225. The predicted octanol–water partition coefficient (Wildman–Crippen LogP) is 2.63. The minimum absolute atomic E-state index is 0. The average Bonchev–Trinajstić information content (AvgIpc) is 2.60. The molecule has 0 atom stereocenters. The number of thiophene rings is 1. The van der Waals surface area contributed by atoms with E-state index in [-0.39, 0.29) is 18.3 Å². The quantitative estimate of drug-likeness (QED) is 0.903. The van der Waals surface area contributed by atoms with E-state index in [9.17, 15) is 4.79 Å². The Kier molecular flexibility index (Phi) is 8.01. The van der Waals surface area contributed by atoms with Crippen molar-refractivity contribution in [1.82, 2.24) is 4.90 Å². The van der Waals surface area contributed by atoms with E-state index >= 15 is 0 Å². The molecule has 0 radical (unpaired) electrons. The number of halogens is 2. The maximum Gasteiger partial charge on any atom is 0.222 e. The van der Waals surface area contributed by atoms with Gasteiger partial charge < -0.3 is 10.6 Å². The maximum absolute atomic E-state index is 11.6. The first kappa shape index (κ1) is 15.9. The lowest BCUT2D eigenvalue weighted by atomic mass is 10.3.